The first-order chi connectivity index (χ1) is 14.7. The van der Waals surface area contributed by atoms with Gasteiger partial charge in [-0.3, -0.25) is 0 Å². The summed E-state index contributed by atoms with van der Waals surface area (Å²) in [5, 5.41) is 5.58. The zero-order valence-corrected chi connectivity index (χ0v) is 21.0. The van der Waals surface area contributed by atoms with Gasteiger partial charge in [0.2, 0.25) is 0 Å². The molecule has 0 unspecified atom stereocenters. The van der Waals surface area contributed by atoms with Gasteiger partial charge in [0.1, 0.15) is 0 Å². The predicted molar refractivity (Wildman–Crippen MR) is 148 cm³/mol. The van der Waals surface area contributed by atoms with E-state index in [9.17, 15) is 0 Å². The Morgan fingerprint density at radius 2 is 1.10 bits per heavy atom. The van der Waals surface area contributed by atoms with Crippen molar-refractivity contribution in [1.82, 2.24) is 4.98 Å². The summed E-state index contributed by atoms with van der Waals surface area (Å²) in [6.07, 6.45) is 1.97. The zero-order valence-electron chi connectivity index (χ0n) is 17.8. The molecule has 1 aromatic heterocycles. The molecule has 0 atom stereocenters. The van der Waals surface area contributed by atoms with E-state index in [1.54, 1.807) is 0 Å². The molecule has 5 aromatic rings. The Kier molecular flexibility index (Phi) is 8.45. The van der Waals surface area contributed by atoms with Crippen LogP contribution in [-0.2, 0) is 0 Å². The number of nitrogens with one attached hydrogen (secondary N) is 1. The molecule has 0 spiro atoms. The van der Waals surface area contributed by atoms with Crippen LogP contribution in [-0.4, -0.2) is 4.98 Å². The van der Waals surface area contributed by atoms with Gasteiger partial charge >= 0.3 is 0 Å². The average molecular weight is 535 g/mol. The number of rotatable bonds is 3. The molecule has 4 aromatic carbocycles. The van der Waals surface area contributed by atoms with Gasteiger partial charge in [-0.05, 0) is 60.9 Å². The van der Waals surface area contributed by atoms with Crippen molar-refractivity contribution in [1.29, 1.82) is 0 Å². The van der Waals surface area contributed by atoms with Crippen LogP contribution in [0.5, 0.6) is 0 Å². The molecule has 1 nitrogen and oxygen atoms in total. The highest BCUT2D eigenvalue weighted by atomic mass is 127. The first-order valence-electron chi connectivity index (χ1n) is 10.2. The number of H-pyrrole nitrogens is 1. The lowest BCUT2D eigenvalue weighted by Crippen LogP contribution is -2.22. The molecule has 1 N–H and O–H groups in total. The third-order valence-electron chi connectivity index (χ3n) is 5.20. The quantitative estimate of drug-likeness (QED) is 0.192. The summed E-state index contributed by atoms with van der Waals surface area (Å²) in [5.41, 5.74) is 3.92. The van der Waals surface area contributed by atoms with Gasteiger partial charge in [0.15, 0.2) is 0 Å². The van der Waals surface area contributed by atoms with Gasteiger partial charge in [0, 0.05) is 17.1 Å². The molecule has 0 aliphatic heterocycles. The number of halogens is 1. The molecule has 156 valence electrons. The molecule has 1 heterocycles. The fourth-order valence-electron chi connectivity index (χ4n) is 3.64. The third kappa shape index (κ3) is 5.64. The third-order valence-corrected chi connectivity index (χ3v) is 7.81. The largest absolute Gasteiger partial charge is 0.361 e. The van der Waals surface area contributed by atoms with Gasteiger partial charge in [0.25, 0.3) is 0 Å². The minimum atomic E-state index is -0.467. The van der Waals surface area contributed by atoms with Gasteiger partial charge in [-0.15, -0.1) is 24.0 Å². The van der Waals surface area contributed by atoms with E-state index in [0.29, 0.717) is 0 Å². The molecular formula is C28H27INP. The summed E-state index contributed by atoms with van der Waals surface area (Å²) in [6.45, 7) is 4.33. The predicted octanol–water partition coefficient (Wildman–Crippen LogP) is 6.85. The normalized spacial score (nSPS) is 10.3. The SMILES string of the molecule is Cc1cccc2[nH]ccc12.Cc1ccccc1P(c1ccccc1)c1ccccc1.I. The van der Waals surface area contributed by atoms with Crippen LogP contribution in [0, 0.1) is 13.8 Å². The first kappa shape index (κ1) is 23.2. The van der Waals surface area contributed by atoms with Crippen LogP contribution in [0.4, 0.5) is 0 Å². The first-order valence-corrected chi connectivity index (χ1v) is 11.6. The Hall–Kier alpha value is -2.42. The van der Waals surface area contributed by atoms with E-state index in [-0.39, 0.29) is 24.0 Å². The molecule has 0 amide bonds. The second-order valence-corrected chi connectivity index (χ2v) is 9.49. The topological polar surface area (TPSA) is 15.8 Å². The van der Waals surface area contributed by atoms with Gasteiger partial charge in [0.05, 0.1) is 0 Å². The average Bonchev–Trinajstić information content (AvgIpc) is 3.28. The highest BCUT2D eigenvalue weighted by Crippen LogP contribution is 2.33. The van der Waals surface area contributed by atoms with Crippen molar-refractivity contribution in [3.05, 3.63) is 127 Å². The second kappa shape index (κ2) is 11.3. The van der Waals surface area contributed by atoms with Crippen LogP contribution in [0.3, 0.4) is 0 Å². The molecule has 5 rings (SSSR count). The molecule has 0 saturated carbocycles. The van der Waals surface area contributed by atoms with Crippen molar-refractivity contribution in [2.75, 3.05) is 0 Å². The van der Waals surface area contributed by atoms with Crippen LogP contribution in [0.2, 0.25) is 0 Å². The minimum absolute atomic E-state index is 0. The van der Waals surface area contributed by atoms with Crippen molar-refractivity contribution >= 4 is 58.7 Å². The molecule has 0 fully saturated rings. The van der Waals surface area contributed by atoms with E-state index in [1.807, 2.05) is 6.20 Å². The van der Waals surface area contributed by atoms with Gasteiger partial charge < -0.3 is 4.98 Å². The number of benzene rings is 4. The van der Waals surface area contributed by atoms with E-state index in [0.717, 1.165) is 0 Å². The lowest BCUT2D eigenvalue weighted by atomic mass is 10.1. The standard InChI is InChI=1S/C19H17P.C9H9N.HI/c1-16-10-8-9-15-19(16)20(17-11-4-2-5-12-17)18-13-6-3-7-14-18;1-7-3-2-4-9-8(7)5-6-10-9;/h2-15H,1H3;2-6,10H,1H3;1H. The minimum Gasteiger partial charge on any atom is -0.361 e. The highest BCUT2D eigenvalue weighted by molar-refractivity contribution is 14.0. The molecule has 0 radical (unpaired) electrons. The number of aromatic nitrogens is 1. The van der Waals surface area contributed by atoms with Gasteiger partial charge in [-0.25, -0.2) is 0 Å². The van der Waals surface area contributed by atoms with Crippen LogP contribution in [0.25, 0.3) is 10.9 Å². The second-order valence-electron chi connectivity index (χ2n) is 7.31. The smallest absolute Gasteiger partial charge is 0.0456 e. The Balaban J connectivity index is 0.000000208. The number of hydrogen-bond donors (Lipinski definition) is 1. The monoisotopic (exact) mass is 535 g/mol. The summed E-state index contributed by atoms with van der Waals surface area (Å²) in [7, 11) is -0.467. The summed E-state index contributed by atoms with van der Waals surface area (Å²) in [6, 6.07) is 38.8. The highest BCUT2D eigenvalue weighted by Gasteiger charge is 2.17. The van der Waals surface area contributed by atoms with Crippen LogP contribution >= 0.6 is 31.9 Å². The maximum atomic E-state index is 3.16. The Morgan fingerprint density at radius 3 is 1.68 bits per heavy atom. The van der Waals surface area contributed by atoms with E-state index >= 15 is 0 Å². The Labute approximate surface area is 203 Å². The van der Waals surface area contributed by atoms with Gasteiger partial charge in [-0.1, -0.05) is 97.1 Å². The maximum Gasteiger partial charge on any atom is 0.0456 e. The van der Waals surface area contributed by atoms with Crippen LogP contribution in [0.1, 0.15) is 11.1 Å². The molecule has 0 aliphatic carbocycles. The van der Waals surface area contributed by atoms with Gasteiger partial charge in [-0.2, -0.15) is 0 Å². The lowest BCUT2D eigenvalue weighted by molar-refractivity contribution is 1.47. The van der Waals surface area contributed by atoms with Crippen molar-refractivity contribution in [3.63, 3.8) is 0 Å². The zero-order chi connectivity index (χ0) is 20.8. The summed E-state index contributed by atoms with van der Waals surface area (Å²) < 4.78 is 0. The molecule has 0 saturated heterocycles. The maximum absolute atomic E-state index is 3.16. The summed E-state index contributed by atoms with van der Waals surface area (Å²) in [4.78, 5) is 3.16. The lowest BCUT2D eigenvalue weighted by Gasteiger charge is -2.21. The number of aromatic amines is 1. The molecular weight excluding hydrogens is 508 g/mol. The molecule has 3 heteroatoms. The van der Waals surface area contributed by atoms with E-state index in [2.05, 4.69) is 128 Å². The number of hydrogen-bond acceptors (Lipinski definition) is 0. The molecule has 31 heavy (non-hydrogen) atoms. The van der Waals surface area contributed by atoms with Crippen molar-refractivity contribution in [2.45, 2.75) is 13.8 Å². The number of aryl methyl sites for hydroxylation is 2. The summed E-state index contributed by atoms with van der Waals surface area (Å²) >= 11 is 0. The molecule has 0 bridgehead atoms. The van der Waals surface area contributed by atoms with Crippen LogP contribution < -0.4 is 15.9 Å². The van der Waals surface area contributed by atoms with Crippen molar-refractivity contribution < 1.29 is 0 Å². The van der Waals surface area contributed by atoms with E-state index < -0.39 is 7.92 Å². The fourth-order valence-corrected chi connectivity index (χ4v) is 6.10. The van der Waals surface area contributed by atoms with Crippen molar-refractivity contribution in [3.8, 4) is 0 Å². The van der Waals surface area contributed by atoms with E-state index in [1.165, 1.54) is 37.9 Å². The van der Waals surface area contributed by atoms with Crippen LogP contribution in [0.15, 0.2) is 115 Å². The van der Waals surface area contributed by atoms with Crippen molar-refractivity contribution in [2.24, 2.45) is 0 Å². The Morgan fingerprint density at radius 1 is 0.548 bits per heavy atom. The van der Waals surface area contributed by atoms with E-state index in [4.69, 9.17) is 0 Å². The number of fused-ring (bicyclic) bond motifs is 1. The summed E-state index contributed by atoms with van der Waals surface area (Å²) in [5.74, 6) is 0. The fraction of sp³-hybridized carbons (Fsp3) is 0.0714. The Bertz CT molecular complexity index is 1180. The molecule has 0 aliphatic rings.